The van der Waals surface area contributed by atoms with E-state index in [2.05, 4.69) is 43.5 Å². The minimum Gasteiger partial charge on any atom is -0.389 e. The van der Waals surface area contributed by atoms with Crippen molar-refractivity contribution >= 4 is 0 Å². The summed E-state index contributed by atoms with van der Waals surface area (Å²) in [4.78, 5) is 6.76. The molecule has 196 valence electrons. The molecule has 2 rings (SSSR count). The van der Waals surface area contributed by atoms with Crippen LogP contribution in [-0.2, 0) is 29.1 Å². The maximum atomic E-state index is 10.1. The molecular formula is C25H47N5O4. The molecule has 0 amide bonds. The molecule has 1 aliphatic heterocycles. The number of rotatable bonds is 14. The number of nitrogens with zero attached hydrogens (tertiary/aromatic N) is 3. The third-order valence-corrected chi connectivity index (χ3v) is 5.87. The first-order valence-electron chi connectivity index (χ1n) is 12.4. The van der Waals surface area contributed by atoms with Crippen LogP contribution in [-0.4, -0.2) is 131 Å². The molecule has 9 nitrogen and oxygen atoms in total. The number of benzene rings is 1. The largest absolute Gasteiger partial charge is 0.389 e. The highest BCUT2D eigenvalue weighted by molar-refractivity contribution is 5.30. The lowest BCUT2D eigenvalue weighted by molar-refractivity contribution is 0.0416. The molecule has 0 aliphatic carbocycles. The van der Waals surface area contributed by atoms with Gasteiger partial charge in [-0.2, -0.15) is 0 Å². The van der Waals surface area contributed by atoms with Crippen molar-refractivity contribution in [1.82, 2.24) is 25.3 Å². The van der Waals surface area contributed by atoms with Crippen LogP contribution < -0.4 is 10.6 Å². The van der Waals surface area contributed by atoms with E-state index in [4.69, 9.17) is 9.47 Å². The molecule has 2 unspecified atom stereocenters. The predicted molar refractivity (Wildman–Crippen MR) is 136 cm³/mol. The van der Waals surface area contributed by atoms with Crippen LogP contribution >= 0.6 is 0 Å². The first-order valence-corrected chi connectivity index (χ1v) is 12.4. The number of likely N-dealkylation sites (N-methyl/N-ethyl adjacent to an activating group) is 2. The maximum Gasteiger partial charge on any atom is 0.0900 e. The van der Waals surface area contributed by atoms with Gasteiger partial charge in [-0.1, -0.05) is 18.2 Å². The number of methoxy groups -OCH3 is 2. The highest BCUT2D eigenvalue weighted by atomic mass is 16.5. The first kappa shape index (κ1) is 29.1. The third kappa shape index (κ3) is 12.0. The summed E-state index contributed by atoms with van der Waals surface area (Å²) in [7, 11) is 7.27. The zero-order chi connectivity index (χ0) is 24.8. The van der Waals surface area contributed by atoms with Crippen molar-refractivity contribution in [3.63, 3.8) is 0 Å². The fourth-order valence-electron chi connectivity index (χ4n) is 4.50. The summed E-state index contributed by atoms with van der Waals surface area (Å²) >= 11 is 0. The van der Waals surface area contributed by atoms with E-state index in [0.717, 1.165) is 58.9 Å². The van der Waals surface area contributed by atoms with Gasteiger partial charge in [0.05, 0.1) is 25.4 Å². The van der Waals surface area contributed by atoms with Crippen LogP contribution in [0.4, 0.5) is 0 Å². The molecule has 1 fully saturated rings. The van der Waals surface area contributed by atoms with Crippen LogP contribution in [0.1, 0.15) is 16.7 Å². The summed E-state index contributed by atoms with van der Waals surface area (Å²) in [6, 6.07) is 6.81. The topological polar surface area (TPSA) is 92.7 Å². The Bertz CT molecular complexity index is 630. The summed E-state index contributed by atoms with van der Waals surface area (Å²) in [6.07, 6.45) is -1.01. The molecule has 9 heteroatoms. The van der Waals surface area contributed by atoms with Crippen molar-refractivity contribution < 1.29 is 19.7 Å². The molecule has 1 aromatic carbocycles. The van der Waals surface area contributed by atoms with Crippen molar-refractivity contribution in [2.24, 2.45) is 0 Å². The fraction of sp³-hybridized carbons (Fsp3) is 0.760. The lowest BCUT2D eigenvalue weighted by Crippen LogP contribution is -2.34. The number of nitrogens with one attached hydrogen (secondary N) is 2. The Labute approximate surface area is 206 Å². The van der Waals surface area contributed by atoms with Crippen LogP contribution in [0.25, 0.3) is 0 Å². The van der Waals surface area contributed by atoms with Crippen molar-refractivity contribution in [2.75, 3.05) is 93.9 Å². The van der Waals surface area contributed by atoms with Crippen LogP contribution in [0, 0.1) is 0 Å². The molecule has 1 aromatic rings. The molecule has 2 atom stereocenters. The van der Waals surface area contributed by atoms with Gasteiger partial charge in [-0.25, -0.2) is 0 Å². The van der Waals surface area contributed by atoms with Crippen molar-refractivity contribution in [1.29, 1.82) is 0 Å². The van der Waals surface area contributed by atoms with E-state index in [1.165, 1.54) is 16.7 Å². The average Bonchev–Trinajstić information content (AvgIpc) is 2.87. The number of aliphatic hydroxyl groups excluding tert-OH is 2. The minimum atomic E-state index is -0.504. The quantitative estimate of drug-likeness (QED) is 0.282. The van der Waals surface area contributed by atoms with Gasteiger partial charge in [0, 0.05) is 86.2 Å². The van der Waals surface area contributed by atoms with E-state index in [1.54, 1.807) is 14.2 Å². The Hall–Kier alpha value is -1.14. The molecule has 0 spiro atoms. The fourth-order valence-corrected chi connectivity index (χ4v) is 4.50. The van der Waals surface area contributed by atoms with Crippen LogP contribution in [0.3, 0.4) is 0 Å². The van der Waals surface area contributed by atoms with Crippen LogP contribution in [0.5, 0.6) is 0 Å². The summed E-state index contributed by atoms with van der Waals surface area (Å²) in [5.74, 6) is 0. The van der Waals surface area contributed by atoms with E-state index >= 15 is 0 Å². The van der Waals surface area contributed by atoms with E-state index in [9.17, 15) is 10.2 Å². The molecule has 0 bridgehead atoms. The summed E-state index contributed by atoms with van der Waals surface area (Å²) < 4.78 is 10.1. The Morgan fingerprint density at radius 3 is 1.68 bits per heavy atom. The second-order valence-corrected chi connectivity index (χ2v) is 9.55. The molecule has 0 saturated carbocycles. The van der Waals surface area contributed by atoms with Crippen molar-refractivity contribution in [3.05, 3.63) is 34.9 Å². The van der Waals surface area contributed by atoms with E-state index < -0.39 is 12.2 Å². The monoisotopic (exact) mass is 481 g/mol. The lowest BCUT2D eigenvalue weighted by atomic mass is 10.0. The molecule has 0 aromatic heterocycles. The van der Waals surface area contributed by atoms with Gasteiger partial charge in [0.15, 0.2) is 0 Å². The normalized spacial score (nSPS) is 18.0. The average molecular weight is 482 g/mol. The Morgan fingerprint density at radius 1 is 0.794 bits per heavy atom. The number of hydrogen-bond donors (Lipinski definition) is 4. The summed E-state index contributed by atoms with van der Waals surface area (Å²) in [5, 5.41) is 27.2. The predicted octanol–water partition coefficient (Wildman–Crippen LogP) is -0.440. The van der Waals surface area contributed by atoms with Gasteiger partial charge in [0.1, 0.15) is 0 Å². The summed E-state index contributed by atoms with van der Waals surface area (Å²) in [6.45, 7) is 10.2. The molecular weight excluding hydrogens is 434 g/mol. The highest BCUT2D eigenvalue weighted by Gasteiger charge is 2.14. The zero-order valence-electron chi connectivity index (χ0n) is 21.6. The van der Waals surface area contributed by atoms with Gasteiger partial charge in [-0.3, -0.25) is 14.7 Å². The molecule has 34 heavy (non-hydrogen) atoms. The summed E-state index contributed by atoms with van der Waals surface area (Å²) in [5.41, 5.74) is 3.75. The van der Waals surface area contributed by atoms with Crippen molar-refractivity contribution in [2.45, 2.75) is 31.8 Å². The number of ether oxygens (including phenoxy) is 2. The standard InChI is InChI=1S/C25H47N5O4/c1-28(17-24(31)19-33-3)14-21-11-22(15-29(2)18-25(32)20-34-4)13-23(12-21)16-30-9-7-26-5-6-27-8-10-30/h11-13,24-27,31-32H,5-10,14-20H2,1-4H3. The lowest BCUT2D eigenvalue weighted by Gasteiger charge is -2.25. The Balaban J connectivity index is 2.12. The van der Waals surface area contributed by atoms with Gasteiger partial charge in [-0.05, 0) is 30.8 Å². The zero-order valence-corrected chi connectivity index (χ0v) is 21.6. The van der Waals surface area contributed by atoms with Crippen molar-refractivity contribution in [3.8, 4) is 0 Å². The molecule has 0 radical (unpaired) electrons. The Kier molecular flexibility index (Phi) is 14.1. The van der Waals surface area contributed by atoms with Gasteiger partial charge in [-0.15, -0.1) is 0 Å². The highest BCUT2D eigenvalue weighted by Crippen LogP contribution is 2.16. The van der Waals surface area contributed by atoms with E-state index in [1.807, 2.05) is 14.1 Å². The van der Waals surface area contributed by atoms with Gasteiger partial charge >= 0.3 is 0 Å². The Morgan fingerprint density at radius 2 is 1.24 bits per heavy atom. The first-order chi connectivity index (χ1) is 16.4. The molecule has 4 N–H and O–H groups in total. The third-order valence-electron chi connectivity index (χ3n) is 5.87. The smallest absolute Gasteiger partial charge is 0.0900 e. The van der Waals surface area contributed by atoms with Gasteiger partial charge < -0.3 is 30.3 Å². The second-order valence-electron chi connectivity index (χ2n) is 9.55. The SMILES string of the molecule is COCC(O)CN(C)Cc1cc(CN(C)CC(O)COC)cc(CN2CCNCCNCC2)c1. The minimum absolute atomic E-state index is 0.335. The second kappa shape index (κ2) is 16.5. The number of hydrogen-bond acceptors (Lipinski definition) is 9. The van der Waals surface area contributed by atoms with E-state index in [-0.39, 0.29) is 0 Å². The number of aliphatic hydroxyl groups is 2. The van der Waals surface area contributed by atoms with Gasteiger partial charge in [0.2, 0.25) is 0 Å². The van der Waals surface area contributed by atoms with Crippen LogP contribution in [0.2, 0.25) is 0 Å². The van der Waals surface area contributed by atoms with Crippen LogP contribution in [0.15, 0.2) is 18.2 Å². The maximum absolute atomic E-state index is 10.1. The molecule has 1 saturated heterocycles. The molecule has 1 heterocycles. The van der Waals surface area contributed by atoms with Gasteiger partial charge in [0.25, 0.3) is 0 Å². The van der Waals surface area contributed by atoms with E-state index in [0.29, 0.717) is 26.3 Å². The molecule has 1 aliphatic rings.